The average Bonchev–Trinajstić information content (AvgIpc) is 2.73. The molecule has 0 amide bonds. The number of carbonyl (C=O) groups excluding carboxylic acids is 1. The molecule has 0 saturated carbocycles. The lowest BCUT2D eigenvalue weighted by molar-refractivity contribution is 0.111. The summed E-state index contributed by atoms with van der Waals surface area (Å²) in [5.41, 5.74) is 0.301. The summed E-state index contributed by atoms with van der Waals surface area (Å²) < 4.78 is 7.07. The molecule has 0 spiro atoms. The van der Waals surface area contributed by atoms with Crippen LogP contribution in [0.5, 0.6) is 5.75 Å². The van der Waals surface area contributed by atoms with Gasteiger partial charge in [0, 0.05) is 12.1 Å². The molecule has 0 aliphatic heterocycles. The Morgan fingerprint density at radius 2 is 2.22 bits per heavy atom. The van der Waals surface area contributed by atoms with Crippen molar-refractivity contribution in [1.29, 1.82) is 0 Å². The average molecular weight is 286 g/mol. The monoisotopic (exact) mass is 285 g/mol. The summed E-state index contributed by atoms with van der Waals surface area (Å²) in [6.07, 6.45) is 2.06. The highest BCUT2D eigenvalue weighted by atomic mass is 35.5. The van der Waals surface area contributed by atoms with Gasteiger partial charge in [-0.3, -0.25) is 9.48 Å². The van der Waals surface area contributed by atoms with Crippen LogP contribution in [0, 0.1) is 0 Å². The van der Waals surface area contributed by atoms with Crippen LogP contribution in [0.3, 0.4) is 0 Å². The Labute approximate surface area is 113 Å². The molecule has 0 radical (unpaired) electrons. The van der Waals surface area contributed by atoms with E-state index < -0.39 is 0 Å². The van der Waals surface area contributed by atoms with Crippen molar-refractivity contribution in [2.45, 2.75) is 6.61 Å². The van der Waals surface area contributed by atoms with Crippen molar-refractivity contribution in [2.24, 2.45) is 7.05 Å². The molecule has 18 heavy (non-hydrogen) atoms. The second kappa shape index (κ2) is 5.37. The lowest BCUT2D eigenvalue weighted by atomic mass is 10.2. The van der Waals surface area contributed by atoms with Gasteiger partial charge >= 0.3 is 0 Å². The summed E-state index contributed by atoms with van der Waals surface area (Å²) in [7, 11) is 1.75. The molecule has 0 fully saturated rings. The van der Waals surface area contributed by atoms with Crippen LogP contribution < -0.4 is 4.74 Å². The van der Waals surface area contributed by atoms with E-state index in [-0.39, 0.29) is 11.6 Å². The minimum Gasteiger partial charge on any atom is -0.483 e. The number of carbonyl (C=O) groups is 1. The van der Waals surface area contributed by atoms with Crippen molar-refractivity contribution >= 4 is 29.5 Å². The minimum atomic E-state index is 0.165. The summed E-state index contributed by atoms with van der Waals surface area (Å²) in [5, 5.41) is 4.58. The molecule has 0 aliphatic rings. The van der Waals surface area contributed by atoms with Crippen LogP contribution in [0.2, 0.25) is 10.0 Å². The predicted octanol–water partition coefficient (Wildman–Crippen LogP) is 2.51. The number of benzene rings is 1. The van der Waals surface area contributed by atoms with E-state index in [4.69, 9.17) is 27.9 Å². The van der Waals surface area contributed by atoms with E-state index in [0.717, 1.165) is 0 Å². The first-order valence-electron chi connectivity index (χ1n) is 5.01. The fraction of sp³-hybridized carbons (Fsp3) is 0.182. The molecule has 1 aromatic heterocycles. The number of aromatic nitrogens is 3. The molecule has 1 aromatic carbocycles. The highest BCUT2D eigenvalue weighted by Crippen LogP contribution is 2.31. The van der Waals surface area contributed by atoms with Gasteiger partial charge < -0.3 is 4.74 Å². The first-order chi connectivity index (χ1) is 8.61. The number of hydrogen-bond donors (Lipinski definition) is 0. The molecule has 0 atom stereocenters. The van der Waals surface area contributed by atoms with E-state index in [9.17, 15) is 4.79 Å². The lowest BCUT2D eigenvalue weighted by Crippen LogP contribution is -2.06. The van der Waals surface area contributed by atoms with Gasteiger partial charge in [0.1, 0.15) is 18.7 Å². The Morgan fingerprint density at radius 3 is 2.83 bits per heavy atom. The van der Waals surface area contributed by atoms with E-state index in [0.29, 0.717) is 28.4 Å². The Morgan fingerprint density at radius 1 is 1.44 bits per heavy atom. The zero-order chi connectivity index (χ0) is 13.1. The van der Waals surface area contributed by atoms with Crippen LogP contribution in [-0.4, -0.2) is 21.1 Å². The summed E-state index contributed by atoms with van der Waals surface area (Å²) in [5.74, 6) is 0.914. The lowest BCUT2D eigenvalue weighted by Gasteiger charge is -2.10. The van der Waals surface area contributed by atoms with Gasteiger partial charge in [-0.25, -0.2) is 4.98 Å². The smallest absolute Gasteiger partial charge is 0.164 e. The molecule has 2 rings (SSSR count). The summed E-state index contributed by atoms with van der Waals surface area (Å²) in [6, 6.07) is 3.01. The van der Waals surface area contributed by atoms with Crippen molar-refractivity contribution in [1.82, 2.24) is 14.8 Å². The Kier molecular flexibility index (Phi) is 3.84. The van der Waals surface area contributed by atoms with Crippen LogP contribution in [-0.2, 0) is 13.7 Å². The van der Waals surface area contributed by atoms with Crippen molar-refractivity contribution in [3.8, 4) is 5.75 Å². The summed E-state index contributed by atoms with van der Waals surface area (Å²) >= 11 is 11.8. The zero-order valence-electron chi connectivity index (χ0n) is 9.43. The van der Waals surface area contributed by atoms with Gasteiger partial charge in [-0.2, -0.15) is 5.10 Å². The third-order valence-corrected chi connectivity index (χ3v) is 2.81. The SMILES string of the molecule is Cn1ncnc1COc1c(Cl)cc(Cl)cc1C=O. The second-order valence-electron chi connectivity index (χ2n) is 3.51. The Hall–Kier alpha value is -1.59. The third kappa shape index (κ3) is 2.63. The van der Waals surface area contributed by atoms with Gasteiger partial charge in [-0.05, 0) is 12.1 Å². The number of ether oxygens (including phenoxy) is 1. The fourth-order valence-corrected chi connectivity index (χ4v) is 1.97. The second-order valence-corrected chi connectivity index (χ2v) is 4.36. The minimum absolute atomic E-state index is 0.165. The maximum atomic E-state index is 10.9. The first-order valence-corrected chi connectivity index (χ1v) is 5.77. The van der Waals surface area contributed by atoms with Gasteiger partial charge in [0.05, 0.1) is 10.6 Å². The molecule has 2 aromatic rings. The molecule has 0 saturated heterocycles. The molecule has 7 heteroatoms. The molecule has 5 nitrogen and oxygen atoms in total. The van der Waals surface area contributed by atoms with Crippen molar-refractivity contribution in [2.75, 3.05) is 0 Å². The number of aryl methyl sites for hydroxylation is 1. The Bertz CT molecular complexity index is 584. The normalized spacial score (nSPS) is 10.4. The quantitative estimate of drug-likeness (QED) is 0.810. The van der Waals surface area contributed by atoms with Gasteiger partial charge in [0.15, 0.2) is 12.1 Å². The van der Waals surface area contributed by atoms with E-state index in [1.165, 1.54) is 18.5 Å². The van der Waals surface area contributed by atoms with Crippen LogP contribution >= 0.6 is 23.2 Å². The van der Waals surface area contributed by atoms with Gasteiger partial charge in [0.25, 0.3) is 0 Å². The maximum Gasteiger partial charge on any atom is 0.164 e. The molecule has 1 heterocycles. The topological polar surface area (TPSA) is 57.0 Å². The van der Waals surface area contributed by atoms with Crippen molar-refractivity contribution in [3.05, 3.63) is 39.9 Å². The third-order valence-electron chi connectivity index (χ3n) is 2.31. The molecular weight excluding hydrogens is 277 g/mol. The number of nitrogens with zero attached hydrogens (tertiary/aromatic N) is 3. The number of halogens is 2. The molecule has 94 valence electrons. The first kappa shape index (κ1) is 12.9. The van der Waals surface area contributed by atoms with Gasteiger partial charge in [0.2, 0.25) is 0 Å². The van der Waals surface area contributed by atoms with Crippen LogP contribution in [0.1, 0.15) is 16.2 Å². The summed E-state index contributed by atoms with van der Waals surface area (Å²) in [6.45, 7) is 0.165. The Balaban J connectivity index is 2.24. The van der Waals surface area contributed by atoms with E-state index in [2.05, 4.69) is 10.1 Å². The number of hydrogen-bond acceptors (Lipinski definition) is 4. The van der Waals surface area contributed by atoms with Crippen LogP contribution in [0.4, 0.5) is 0 Å². The van der Waals surface area contributed by atoms with Gasteiger partial charge in [-0.15, -0.1) is 0 Å². The van der Waals surface area contributed by atoms with Gasteiger partial charge in [-0.1, -0.05) is 23.2 Å². The molecule has 0 N–H and O–H groups in total. The van der Waals surface area contributed by atoms with Crippen LogP contribution in [0.15, 0.2) is 18.5 Å². The summed E-state index contributed by atoms with van der Waals surface area (Å²) in [4.78, 5) is 14.9. The maximum absolute atomic E-state index is 10.9. The van der Waals surface area contributed by atoms with Crippen molar-refractivity contribution in [3.63, 3.8) is 0 Å². The predicted molar refractivity (Wildman–Crippen MR) is 67.2 cm³/mol. The zero-order valence-corrected chi connectivity index (χ0v) is 10.9. The fourth-order valence-electron chi connectivity index (χ4n) is 1.41. The molecule has 0 bridgehead atoms. The molecule has 0 aliphatic carbocycles. The number of rotatable bonds is 4. The molecular formula is C11H9Cl2N3O2. The largest absolute Gasteiger partial charge is 0.483 e. The van der Waals surface area contributed by atoms with E-state index in [1.54, 1.807) is 11.7 Å². The van der Waals surface area contributed by atoms with Crippen LogP contribution in [0.25, 0.3) is 0 Å². The highest BCUT2D eigenvalue weighted by Gasteiger charge is 2.11. The van der Waals surface area contributed by atoms with E-state index in [1.807, 2.05) is 0 Å². The highest BCUT2D eigenvalue weighted by molar-refractivity contribution is 6.36. The van der Waals surface area contributed by atoms with E-state index >= 15 is 0 Å². The van der Waals surface area contributed by atoms with Crippen molar-refractivity contribution < 1.29 is 9.53 Å². The molecule has 0 unspecified atom stereocenters. The standard InChI is InChI=1S/C11H9Cl2N3O2/c1-16-10(14-6-15-16)5-18-11-7(4-17)2-8(12)3-9(11)13/h2-4,6H,5H2,1H3. The number of aldehydes is 1.